The molecule has 0 aliphatic heterocycles. The zero-order valence-electron chi connectivity index (χ0n) is 8.46. The third kappa shape index (κ3) is 3.29. The molecule has 0 atom stereocenters. The van der Waals surface area contributed by atoms with Crippen LogP contribution >= 0.6 is 45.2 Å². The second-order valence-corrected chi connectivity index (χ2v) is 5.90. The molecule has 0 N–H and O–H groups in total. The van der Waals surface area contributed by atoms with Gasteiger partial charge >= 0.3 is 0 Å². The first-order valence-corrected chi connectivity index (χ1v) is 7.41. The van der Waals surface area contributed by atoms with Gasteiger partial charge < -0.3 is 9.30 Å². The van der Waals surface area contributed by atoms with E-state index in [1.807, 2.05) is 6.33 Å². The van der Waals surface area contributed by atoms with E-state index in [0.29, 0.717) is 12.8 Å². The zero-order valence-corrected chi connectivity index (χ0v) is 12.8. The second-order valence-electron chi connectivity index (χ2n) is 3.85. The molecule has 5 heteroatoms. The SMILES string of the molecule is Ic1ncn(COC2CCCCC2)c1I. The summed E-state index contributed by atoms with van der Waals surface area (Å²) in [5, 5.41) is 0. The van der Waals surface area contributed by atoms with Gasteiger partial charge in [0, 0.05) is 0 Å². The van der Waals surface area contributed by atoms with Crippen molar-refractivity contribution in [2.75, 3.05) is 0 Å². The van der Waals surface area contributed by atoms with Gasteiger partial charge in [0.05, 0.1) is 12.4 Å². The zero-order chi connectivity index (χ0) is 10.7. The Bertz CT molecular complexity index is 321. The summed E-state index contributed by atoms with van der Waals surface area (Å²) >= 11 is 4.55. The third-order valence-electron chi connectivity index (χ3n) is 2.73. The summed E-state index contributed by atoms with van der Waals surface area (Å²) < 4.78 is 10.2. The molecule has 0 bridgehead atoms. The molecule has 1 aliphatic rings. The van der Waals surface area contributed by atoms with Crippen molar-refractivity contribution in [3.63, 3.8) is 0 Å². The normalized spacial score (nSPS) is 18.3. The highest BCUT2D eigenvalue weighted by atomic mass is 127. The van der Waals surface area contributed by atoms with Gasteiger partial charge in [-0.05, 0) is 58.0 Å². The van der Waals surface area contributed by atoms with Crippen molar-refractivity contribution < 1.29 is 4.74 Å². The van der Waals surface area contributed by atoms with E-state index in [2.05, 4.69) is 54.7 Å². The van der Waals surface area contributed by atoms with E-state index in [1.54, 1.807) is 0 Å². The fourth-order valence-electron chi connectivity index (χ4n) is 1.85. The van der Waals surface area contributed by atoms with Crippen molar-refractivity contribution in [3.8, 4) is 0 Å². The predicted molar refractivity (Wildman–Crippen MR) is 75.6 cm³/mol. The number of hydrogen-bond acceptors (Lipinski definition) is 2. The van der Waals surface area contributed by atoms with E-state index in [9.17, 15) is 0 Å². The largest absolute Gasteiger partial charge is 0.357 e. The molecule has 1 aliphatic carbocycles. The molecule has 1 fully saturated rings. The molecule has 2 rings (SSSR count). The Morgan fingerprint density at radius 1 is 1.33 bits per heavy atom. The maximum atomic E-state index is 5.88. The van der Waals surface area contributed by atoms with Crippen LogP contribution < -0.4 is 0 Å². The van der Waals surface area contributed by atoms with Crippen LogP contribution in [0.2, 0.25) is 0 Å². The van der Waals surface area contributed by atoms with Gasteiger partial charge in [0.2, 0.25) is 0 Å². The molecule has 0 unspecified atom stereocenters. The lowest BCUT2D eigenvalue weighted by molar-refractivity contribution is -0.0136. The molecule has 0 amide bonds. The van der Waals surface area contributed by atoms with Crippen LogP contribution in [-0.2, 0) is 11.5 Å². The quantitative estimate of drug-likeness (QED) is 0.686. The number of nitrogens with zero attached hydrogens (tertiary/aromatic N) is 2. The first-order valence-electron chi connectivity index (χ1n) is 5.25. The Hall–Kier alpha value is 0.630. The lowest BCUT2D eigenvalue weighted by Crippen LogP contribution is -2.18. The number of halogens is 2. The second kappa shape index (κ2) is 5.81. The Labute approximate surface area is 117 Å². The molecule has 0 spiro atoms. The topological polar surface area (TPSA) is 27.1 Å². The first kappa shape index (κ1) is 12.1. The maximum absolute atomic E-state index is 5.88. The van der Waals surface area contributed by atoms with Crippen molar-refractivity contribution in [2.45, 2.75) is 44.9 Å². The highest BCUT2D eigenvalue weighted by molar-refractivity contribution is 14.1. The van der Waals surface area contributed by atoms with Crippen LogP contribution in [0.5, 0.6) is 0 Å². The van der Waals surface area contributed by atoms with Crippen molar-refractivity contribution in [1.82, 2.24) is 9.55 Å². The Morgan fingerprint density at radius 3 is 2.67 bits per heavy atom. The van der Waals surface area contributed by atoms with E-state index >= 15 is 0 Å². The minimum absolute atomic E-state index is 0.467. The summed E-state index contributed by atoms with van der Waals surface area (Å²) in [7, 11) is 0. The van der Waals surface area contributed by atoms with Crippen LogP contribution in [0.15, 0.2) is 6.33 Å². The first-order chi connectivity index (χ1) is 7.27. The van der Waals surface area contributed by atoms with Gasteiger partial charge in [0.1, 0.15) is 14.1 Å². The average molecular weight is 432 g/mol. The lowest BCUT2D eigenvalue weighted by Gasteiger charge is -2.22. The van der Waals surface area contributed by atoms with Crippen LogP contribution in [0.3, 0.4) is 0 Å². The van der Waals surface area contributed by atoms with Gasteiger partial charge in [0.25, 0.3) is 0 Å². The summed E-state index contributed by atoms with van der Waals surface area (Å²) in [6.45, 7) is 0.652. The number of hydrogen-bond donors (Lipinski definition) is 0. The van der Waals surface area contributed by atoms with Crippen LogP contribution in [0.1, 0.15) is 32.1 Å². The van der Waals surface area contributed by atoms with E-state index in [-0.39, 0.29) is 0 Å². The lowest BCUT2D eigenvalue weighted by atomic mass is 9.98. The van der Waals surface area contributed by atoms with Gasteiger partial charge in [-0.15, -0.1) is 0 Å². The molecular weight excluding hydrogens is 418 g/mol. The summed E-state index contributed by atoms with van der Waals surface area (Å²) in [6.07, 6.45) is 8.79. The van der Waals surface area contributed by atoms with Crippen LogP contribution in [0.4, 0.5) is 0 Å². The molecule has 1 aromatic rings. The minimum Gasteiger partial charge on any atom is -0.357 e. The maximum Gasteiger partial charge on any atom is 0.133 e. The molecule has 84 valence electrons. The van der Waals surface area contributed by atoms with E-state index in [4.69, 9.17) is 4.74 Å². The van der Waals surface area contributed by atoms with Crippen molar-refractivity contribution >= 4 is 45.2 Å². The minimum atomic E-state index is 0.467. The fourth-order valence-corrected chi connectivity index (χ4v) is 2.69. The van der Waals surface area contributed by atoms with Gasteiger partial charge in [-0.25, -0.2) is 4.98 Å². The number of rotatable bonds is 3. The van der Waals surface area contributed by atoms with Crippen molar-refractivity contribution in [2.24, 2.45) is 0 Å². The molecular formula is C10H14I2N2O. The monoisotopic (exact) mass is 432 g/mol. The van der Waals surface area contributed by atoms with E-state index < -0.39 is 0 Å². The summed E-state index contributed by atoms with van der Waals surface area (Å²) in [5.41, 5.74) is 0. The summed E-state index contributed by atoms with van der Waals surface area (Å²) in [6, 6.07) is 0. The molecule has 15 heavy (non-hydrogen) atoms. The van der Waals surface area contributed by atoms with E-state index in [0.717, 1.165) is 3.70 Å². The third-order valence-corrected chi connectivity index (χ3v) is 5.69. The van der Waals surface area contributed by atoms with Gasteiger partial charge in [-0.1, -0.05) is 19.3 Å². The van der Waals surface area contributed by atoms with Crippen LogP contribution in [0, 0.1) is 7.40 Å². The average Bonchev–Trinajstić information content (AvgIpc) is 2.59. The summed E-state index contributed by atoms with van der Waals surface area (Å²) in [5.74, 6) is 0. The number of ether oxygens (including phenoxy) is 1. The highest BCUT2D eigenvalue weighted by Gasteiger charge is 2.14. The van der Waals surface area contributed by atoms with Crippen molar-refractivity contribution in [3.05, 3.63) is 13.7 Å². The Morgan fingerprint density at radius 2 is 2.07 bits per heavy atom. The Balaban J connectivity index is 1.84. The van der Waals surface area contributed by atoms with Gasteiger partial charge in [-0.2, -0.15) is 0 Å². The summed E-state index contributed by atoms with van der Waals surface area (Å²) in [4.78, 5) is 4.24. The molecule has 0 aromatic carbocycles. The number of imidazole rings is 1. The van der Waals surface area contributed by atoms with Gasteiger partial charge in [0.15, 0.2) is 0 Å². The fraction of sp³-hybridized carbons (Fsp3) is 0.700. The van der Waals surface area contributed by atoms with Crippen LogP contribution in [0.25, 0.3) is 0 Å². The Kier molecular flexibility index (Phi) is 4.68. The molecule has 3 nitrogen and oxygen atoms in total. The molecule has 0 saturated heterocycles. The van der Waals surface area contributed by atoms with Crippen LogP contribution in [-0.4, -0.2) is 15.7 Å². The molecule has 1 aromatic heterocycles. The smallest absolute Gasteiger partial charge is 0.133 e. The number of aromatic nitrogens is 2. The highest BCUT2D eigenvalue weighted by Crippen LogP contribution is 2.21. The van der Waals surface area contributed by atoms with E-state index in [1.165, 1.54) is 35.8 Å². The standard InChI is InChI=1S/C10H14I2N2O/c11-9-10(12)14(6-13-9)7-15-8-4-2-1-3-5-8/h6,8H,1-5,7H2. The predicted octanol–water partition coefficient (Wildman–Crippen LogP) is 3.40. The molecule has 1 heterocycles. The van der Waals surface area contributed by atoms with Crippen molar-refractivity contribution in [1.29, 1.82) is 0 Å². The molecule has 0 radical (unpaired) electrons. The van der Waals surface area contributed by atoms with Gasteiger partial charge in [-0.3, -0.25) is 0 Å². The molecule has 1 saturated carbocycles.